The van der Waals surface area contributed by atoms with Gasteiger partial charge in [-0.3, -0.25) is 4.90 Å². The Labute approximate surface area is 135 Å². The molecule has 1 saturated carbocycles. The van der Waals surface area contributed by atoms with Crippen LogP contribution in [0.2, 0.25) is 0 Å². The third-order valence-electron chi connectivity index (χ3n) is 4.94. The van der Waals surface area contributed by atoms with Crippen LogP contribution in [0.1, 0.15) is 43.9 Å². The molecule has 0 radical (unpaired) electrons. The van der Waals surface area contributed by atoms with Crippen molar-refractivity contribution in [2.45, 2.75) is 57.7 Å². The molecule has 1 aliphatic heterocycles. The largest absolute Gasteiger partial charge is 0.311 e. The van der Waals surface area contributed by atoms with Crippen LogP contribution in [0.4, 0.5) is 0 Å². The number of halogens is 1. The van der Waals surface area contributed by atoms with E-state index in [-0.39, 0.29) is 0 Å². The number of nitrogens with one attached hydrogen (secondary N) is 1. The lowest BCUT2D eigenvalue weighted by molar-refractivity contribution is 0.0990. The lowest BCUT2D eigenvalue weighted by Gasteiger charge is -2.42. The van der Waals surface area contributed by atoms with Gasteiger partial charge in [0, 0.05) is 36.6 Å². The van der Waals surface area contributed by atoms with Gasteiger partial charge in [0.1, 0.15) is 0 Å². The van der Waals surface area contributed by atoms with Crippen molar-refractivity contribution in [3.05, 3.63) is 20.8 Å². The molecule has 1 saturated heterocycles. The van der Waals surface area contributed by atoms with E-state index in [1.807, 2.05) is 11.3 Å². The number of nitrogens with zero attached hydrogens (tertiary/aromatic N) is 1. The van der Waals surface area contributed by atoms with Gasteiger partial charge in [0.05, 0.1) is 3.79 Å². The lowest BCUT2D eigenvalue weighted by atomic mass is 9.82. The molecule has 4 heteroatoms. The van der Waals surface area contributed by atoms with Crippen molar-refractivity contribution in [2.24, 2.45) is 5.92 Å². The summed E-state index contributed by atoms with van der Waals surface area (Å²) < 4.78 is 1.25. The Morgan fingerprint density at radius 2 is 2.10 bits per heavy atom. The molecule has 0 bridgehead atoms. The van der Waals surface area contributed by atoms with Crippen LogP contribution < -0.4 is 5.32 Å². The SMILES string of the molecule is CC1CNC(C2CCCCC2)CN1Cc1ccc(Br)s1. The molecule has 2 heterocycles. The molecule has 0 aromatic carbocycles. The second kappa shape index (κ2) is 6.91. The van der Waals surface area contributed by atoms with E-state index in [0.29, 0.717) is 6.04 Å². The third-order valence-corrected chi connectivity index (χ3v) is 6.55. The second-order valence-electron chi connectivity index (χ2n) is 6.40. The fourth-order valence-electron chi connectivity index (χ4n) is 3.66. The fraction of sp³-hybridized carbons (Fsp3) is 0.750. The van der Waals surface area contributed by atoms with E-state index in [1.165, 1.54) is 47.3 Å². The van der Waals surface area contributed by atoms with Gasteiger partial charge >= 0.3 is 0 Å². The summed E-state index contributed by atoms with van der Waals surface area (Å²) in [7, 11) is 0. The number of piperazine rings is 1. The van der Waals surface area contributed by atoms with Crippen LogP contribution in [0.3, 0.4) is 0 Å². The maximum absolute atomic E-state index is 3.81. The average molecular weight is 357 g/mol. The van der Waals surface area contributed by atoms with Crippen LogP contribution in [0.15, 0.2) is 15.9 Å². The predicted octanol–water partition coefficient (Wildman–Crippen LogP) is 4.25. The summed E-state index contributed by atoms with van der Waals surface area (Å²) in [6, 6.07) is 5.80. The van der Waals surface area contributed by atoms with Crippen molar-refractivity contribution in [1.29, 1.82) is 0 Å². The summed E-state index contributed by atoms with van der Waals surface area (Å²) >= 11 is 5.45. The van der Waals surface area contributed by atoms with E-state index < -0.39 is 0 Å². The molecule has 2 aliphatic rings. The molecule has 1 aromatic heterocycles. The van der Waals surface area contributed by atoms with Crippen molar-refractivity contribution >= 4 is 27.3 Å². The minimum absolute atomic E-state index is 0.649. The average Bonchev–Trinajstić information content (AvgIpc) is 2.88. The van der Waals surface area contributed by atoms with Gasteiger partial charge in [-0.1, -0.05) is 19.3 Å². The standard InChI is InChI=1S/C16H25BrN2S/c1-12-9-18-15(13-5-3-2-4-6-13)11-19(12)10-14-7-8-16(17)20-14/h7-8,12-13,15,18H,2-6,9-11H2,1H3. The smallest absolute Gasteiger partial charge is 0.0701 e. The second-order valence-corrected chi connectivity index (χ2v) is 8.94. The topological polar surface area (TPSA) is 15.3 Å². The molecule has 2 nitrogen and oxygen atoms in total. The van der Waals surface area contributed by atoms with E-state index in [9.17, 15) is 0 Å². The Morgan fingerprint density at radius 3 is 2.80 bits per heavy atom. The summed E-state index contributed by atoms with van der Waals surface area (Å²) in [5.41, 5.74) is 0. The van der Waals surface area contributed by atoms with Crippen LogP contribution in [0.5, 0.6) is 0 Å². The first kappa shape index (κ1) is 15.0. The first-order valence-electron chi connectivity index (χ1n) is 7.94. The number of rotatable bonds is 3. The quantitative estimate of drug-likeness (QED) is 0.870. The predicted molar refractivity (Wildman–Crippen MR) is 90.3 cm³/mol. The first-order chi connectivity index (χ1) is 9.72. The molecule has 0 spiro atoms. The zero-order valence-electron chi connectivity index (χ0n) is 12.3. The molecule has 2 atom stereocenters. The van der Waals surface area contributed by atoms with Gasteiger partial charge in [0.25, 0.3) is 0 Å². The van der Waals surface area contributed by atoms with Gasteiger partial charge in [-0.05, 0) is 53.7 Å². The molecule has 1 N–H and O–H groups in total. The van der Waals surface area contributed by atoms with Gasteiger partial charge in [0.15, 0.2) is 0 Å². The Bertz CT molecular complexity index is 428. The Balaban J connectivity index is 1.60. The van der Waals surface area contributed by atoms with E-state index in [4.69, 9.17) is 0 Å². The molecule has 1 aromatic rings. The summed E-state index contributed by atoms with van der Waals surface area (Å²) in [5, 5.41) is 3.81. The molecule has 3 rings (SSSR count). The Morgan fingerprint density at radius 1 is 1.30 bits per heavy atom. The molecular formula is C16H25BrN2S. The summed E-state index contributed by atoms with van der Waals surface area (Å²) in [6.45, 7) is 5.84. The van der Waals surface area contributed by atoms with Gasteiger partial charge in [0.2, 0.25) is 0 Å². The van der Waals surface area contributed by atoms with Gasteiger partial charge in [-0.25, -0.2) is 0 Å². The minimum Gasteiger partial charge on any atom is -0.311 e. The zero-order chi connectivity index (χ0) is 13.9. The Kier molecular flexibility index (Phi) is 5.18. The van der Waals surface area contributed by atoms with Gasteiger partial charge in [-0.2, -0.15) is 0 Å². The van der Waals surface area contributed by atoms with Crippen molar-refractivity contribution in [3.63, 3.8) is 0 Å². The highest BCUT2D eigenvalue weighted by molar-refractivity contribution is 9.11. The fourth-order valence-corrected chi connectivity index (χ4v) is 5.17. The number of hydrogen-bond donors (Lipinski definition) is 1. The van der Waals surface area contributed by atoms with Gasteiger partial charge < -0.3 is 5.32 Å². The highest BCUT2D eigenvalue weighted by Gasteiger charge is 2.31. The Hall–Kier alpha value is 0.1000. The van der Waals surface area contributed by atoms with Crippen molar-refractivity contribution in [2.75, 3.05) is 13.1 Å². The molecule has 0 amide bonds. The van der Waals surface area contributed by atoms with E-state index in [1.54, 1.807) is 0 Å². The van der Waals surface area contributed by atoms with Crippen LogP contribution in [-0.2, 0) is 6.54 Å². The maximum atomic E-state index is 3.81. The van der Waals surface area contributed by atoms with E-state index >= 15 is 0 Å². The highest BCUT2D eigenvalue weighted by atomic mass is 79.9. The highest BCUT2D eigenvalue weighted by Crippen LogP contribution is 2.30. The zero-order valence-corrected chi connectivity index (χ0v) is 14.7. The maximum Gasteiger partial charge on any atom is 0.0701 e. The summed E-state index contributed by atoms with van der Waals surface area (Å²) in [5.74, 6) is 0.911. The monoisotopic (exact) mass is 356 g/mol. The molecule has 1 aliphatic carbocycles. The van der Waals surface area contributed by atoms with Crippen molar-refractivity contribution in [3.8, 4) is 0 Å². The molecule has 2 fully saturated rings. The molecule has 2 unspecified atom stereocenters. The molecular weight excluding hydrogens is 332 g/mol. The third kappa shape index (κ3) is 3.65. The normalized spacial score (nSPS) is 29.7. The van der Waals surface area contributed by atoms with Crippen LogP contribution in [-0.4, -0.2) is 30.1 Å². The van der Waals surface area contributed by atoms with Gasteiger partial charge in [-0.15, -0.1) is 11.3 Å². The number of hydrogen-bond acceptors (Lipinski definition) is 3. The first-order valence-corrected chi connectivity index (χ1v) is 9.55. The van der Waals surface area contributed by atoms with Crippen molar-refractivity contribution in [1.82, 2.24) is 10.2 Å². The van der Waals surface area contributed by atoms with Crippen LogP contribution >= 0.6 is 27.3 Å². The minimum atomic E-state index is 0.649. The van der Waals surface area contributed by atoms with E-state index in [2.05, 4.69) is 45.2 Å². The van der Waals surface area contributed by atoms with Crippen molar-refractivity contribution < 1.29 is 0 Å². The molecule has 112 valence electrons. The van der Waals surface area contributed by atoms with E-state index in [0.717, 1.165) is 25.0 Å². The summed E-state index contributed by atoms with van der Waals surface area (Å²) in [4.78, 5) is 4.15. The lowest BCUT2D eigenvalue weighted by Crippen LogP contribution is -2.57. The van der Waals surface area contributed by atoms with Crippen LogP contribution in [0, 0.1) is 5.92 Å². The van der Waals surface area contributed by atoms with Crippen LogP contribution in [0.25, 0.3) is 0 Å². The molecule has 20 heavy (non-hydrogen) atoms. The number of thiophene rings is 1. The summed E-state index contributed by atoms with van der Waals surface area (Å²) in [6.07, 6.45) is 7.20.